The molecule has 0 atom stereocenters. The van der Waals surface area contributed by atoms with Gasteiger partial charge in [0.25, 0.3) is 0 Å². The molecule has 0 saturated carbocycles. The molecule has 2 aromatic carbocycles. The number of hydrogen-bond donors (Lipinski definition) is 1. The predicted molar refractivity (Wildman–Crippen MR) is 83.9 cm³/mol. The molecule has 0 saturated heterocycles. The van der Waals surface area contributed by atoms with Gasteiger partial charge in [-0.25, -0.2) is 0 Å². The van der Waals surface area contributed by atoms with E-state index < -0.39 is 5.91 Å². The topological polar surface area (TPSA) is 91.8 Å². The van der Waals surface area contributed by atoms with Crippen molar-refractivity contribution in [3.05, 3.63) is 65.0 Å². The third-order valence-electron chi connectivity index (χ3n) is 2.96. The second-order valence-corrected chi connectivity index (χ2v) is 5.00. The van der Waals surface area contributed by atoms with Gasteiger partial charge in [0.2, 0.25) is 5.89 Å². The Bertz CT molecular complexity index is 897. The van der Waals surface area contributed by atoms with E-state index in [-0.39, 0.29) is 11.8 Å². The van der Waals surface area contributed by atoms with Crippen molar-refractivity contribution < 1.29 is 9.21 Å². The number of nitrogens with one attached hydrogen (secondary N) is 1. The minimum Gasteiger partial charge on any atom is -0.412 e. The number of nitriles is 1. The lowest BCUT2D eigenvalue weighted by molar-refractivity contribution is 0.0991. The minimum atomic E-state index is -0.548. The van der Waals surface area contributed by atoms with E-state index >= 15 is 0 Å². The van der Waals surface area contributed by atoms with Gasteiger partial charge in [0.15, 0.2) is 0 Å². The number of carbonyl (C=O) groups excluding carboxylic acids is 1. The van der Waals surface area contributed by atoms with Crippen LogP contribution in [0.5, 0.6) is 0 Å². The number of carbonyl (C=O) groups is 1. The second kappa shape index (κ2) is 6.30. The fourth-order valence-electron chi connectivity index (χ4n) is 1.88. The summed E-state index contributed by atoms with van der Waals surface area (Å²) in [5, 5.41) is 19.6. The maximum atomic E-state index is 12.1. The van der Waals surface area contributed by atoms with Gasteiger partial charge in [0.05, 0.1) is 11.6 Å². The number of halogens is 1. The molecule has 0 fully saturated rings. The van der Waals surface area contributed by atoms with E-state index in [4.69, 9.17) is 21.3 Å². The van der Waals surface area contributed by atoms with Gasteiger partial charge in [-0.15, -0.1) is 10.2 Å². The van der Waals surface area contributed by atoms with Crippen LogP contribution in [0.3, 0.4) is 0 Å². The highest BCUT2D eigenvalue weighted by Gasteiger charge is 2.16. The molecular weight excluding hydrogens is 316 g/mol. The summed E-state index contributed by atoms with van der Waals surface area (Å²) < 4.78 is 5.36. The average molecular weight is 325 g/mol. The molecule has 1 aromatic heterocycles. The van der Waals surface area contributed by atoms with E-state index in [2.05, 4.69) is 15.5 Å². The standard InChI is InChI=1S/C16H9ClN4O2/c17-12-6-4-11(5-7-12)15-20-21-16(23-15)14(22)19-13-3-1-2-10(8-13)9-18/h1-8H,(H,19,22). The summed E-state index contributed by atoms with van der Waals surface area (Å²) in [6.07, 6.45) is 0. The zero-order valence-corrected chi connectivity index (χ0v) is 12.4. The van der Waals surface area contributed by atoms with Gasteiger partial charge in [-0.2, -0.15) is 5.26 Å². The third-order valence-corrected chi connectivity index (χ3v) is 3.21. The first kappa shape index (κ1) is 14.8. The van der Waals surface area contributed by atoms with E-state index in [1.54, 1.807) is 48.5 Å². The number of amides is 1. The van der Waals surface area contributed by atoms with Crippen molar-refractivity contribution >= 4 is 23.2 Å². The Kier molecular flexibility index (Phi) is 4.04. The molecular formula is C16H9ClN4O2. The Morgan fingerprint density at radius 2 is 1.96 bits per heavy atom. The van der Waals surface area contributed by atoms with Crippen molar-refractivity contribution in [2.75, 3.05) is 5.32 Å². The number of rotatable bonds is 3. The lowest BCUT2D eigenvalue weighted by Gasteiger charge is -2.01. The zero-order valence-electron chi connectivity index (χ0n) is 11.7. The molecule has 112 valence electrons. The lowest BCUT2D eigenvalue weighted by atomic mass is 10.2. The predicted octanol–water partition coefficient (Wildman–Crippen LogP) is 3.51. The molecule has 0 aliphatic rings. The lowest BCUT2D eigenvalue weighted by Crippen LogP contribution is -2.12. The van der Waals surface area contributed by atoms with Crippen LogP contribution in [0.15, 0.2) is 52.9 Å². The Morgan fingerprint density at radius 1 is 1.17 bits per heavy atom. The van der Waals surface area contributed by atoms with Crippen LogP contribution in [0.2, 0.25) is 5.02 Å². The van der Waals surface area contributed by atoms with Crippen LogP contribution in [-0.4, -0.2) is 16.1 Å². The van der Waals surface area contributed by atoms with Crippen molar-refractivity contribution in [2.24, 2.45) is 0 Å². The van der Waals surface area contributed by atoms with E-state index in [9.17, 15) is 4.79 Å². The Balaban J connectivity index is 1.78. The third kappa shape index (κ3) is 3.36. The van der Waals surface area contributed by atoms with Crippen molar-refractivity contribution in [2.45, 2.75) is 0 Å². The summed E-state index contributed by atoms with van der Waals surface area (Å²) in [5.74, 6) is -0.497. The molecule has 0 bridgehead atoms. The van der Waals surface area contributed by atoms with E-state index in [1.807, 2.05) is 6.07 Å². The number of anilines is 1. The summed E-state index contributed by atoms with van der Waals surface area (Å²) in [6.45, 7) is 0. The van der Waals surface area contributed by atoms with Gasteiger partial charge in [-0.05, 0) is 42.5 Å². The summed E-state index contributed by atoms with van der Waals surface area (Å²) >= 11 is 5.82. The number of benzene rings is 2. The van der Waals surface area contributed by atoms with Crippen molar-refractivity contribution in [1.82, 2.24) is 10.2 Å². The zero-order chi connectivity index (χ0) is 16.2. The highest BCUT2D eigenvalue weighted by Crippen LogP contribution is 2.20. The first-order chi connectivity index (χ1) is 11.2. The van der Waals surface area contributed by atoms with Gasteiger partial charge in [-0.3, -0.25) is 4.79 Å². The fraction of sp³-hybridized carbons (Fsp3) is 0. The summed E-state index contributed by atoms with van der Waals surface area (Å²) in [6, 6.07) is 15.3. The minimum absolute atomic E-state index is 0.169. The van der Waals surface area contributed by atoms with Crippen LogP contribution in [0, 0.1) is 11.3 Å². The van der Waals surface area contributed by atoms with Crippen molar-refractivity contribution in [1.29, 1.82) is 5.26 Å². The highest BCUT2D eigenvalue weighted by atomic mass is 35.5. The van der Waals surface area contributed by atoms with Crippen LogP contribution in [-0.2, 0) is 0 Å². The number of nitrogens with zero attached hydrogens (tertiary/aromatic N) is 3. The van der Waals surface area contributed by atoms with Crippen LogP contribution in [0.25, 0.3) is 11.5 Å². The van der Waals surface area contributed by atoms with E-state index in [0.29, 0.717) is 21.8 Å². The average Bonchev–Trinajstić information content (AvgIpc) is 3.06. The molecule has 6 nitrogen and oxygen atoms in total. The molecule has 0 radical (unpaired) electrons. The molecule has 3 rings (SSSR count). The molecule has 0 spiro atoms. The Morgan fingerprint density at radius 3 is 2.70 bits per heavy atom. The molecule has 1 heterocycles. The quantitative estimate of drug-likeness (QED) is 0.795. The molecule has 1 amide bonds. The Labute approximate surface area is 136 Å². The number of hydrogen-bond acceptors (Lipinski definition) is 5. The maximum Gasteiger partial charge on any atom is 0.313 e. The van der Waals surface area contributed by atoms with E-state index in [1.165, 1.54) is 0 Å². The first-order valence-corrected chi connectivity index (χ1v) is 6.94. The molecule has 0 aliphatic heterocycles. The van der Waals surface area contributed by atoms with E-state index in [0.717, 1.165) is 0 Å². The SMILES string of the molecule is N#Cc1cccc(NC(=O)c2nnc(-c3ccc(Cl)cc3)o2)c1. The summed E-state index contributed by atoms with van der Waals surface area (Å²) in [7, 11) is 0. The second-order valence-electron chi connectivity index (χ2n) is 4.57. The highest BCUT2D eigenvalue weighted by molar-refractivity contribution is 6.30. The smallest absolute Gasteiger partial charge is 0.313 e. The van der Waals surface area contributed by atoms with Gasteiger partial charge >= 0.3 is 11.8 Å². The van der Waals surface area contributed by atoms with Crippen LogP contribution < -0.4 is 5.32 Å². The van der Waals surface area contributed by atoms with Gasteiger partial charge < -0.3 is 9.73 Å². The van der Waals surface area contributed by atoms with Gasteiger partial charge in [0, 0.05) is 16.3 Å². The maximum absolute atomic E-state index is 12.1. The number of aromatic nitrogens is 2. The molecule has 0 aliphatic carbocycles. The van der Waals surface area contributed by atoms with Crippen molar-refractivity contribution in [3.63, 3.8) is 0 Å². The summed E-state index contributed by atoms with van der Waals surface area (Å²) in [5.41, 5.74) is 1.57. The molecule has 7 heteroatoms. The Hall–Kier alpha value is -3.17. The molecule has 1 N–H and O–H groups in total. The van der Waals surface area contributed by atoms with Crippen LogP contribution in [0.1, 0.15) is 16.2 Å². The van der Waals surface area contributed by atoms with Gasteiger partial charge in [0.1, 0.15) is 0 Å². The molecule has 0 unspecified atom stereocenters. The van der Waals surface area contributed by atoms with Crippen molar-refractivity contribution in [3.8, 4) is 17.5 Å². The van der Waals surface area contributed by atoms with Crippen LogP contribution in [0.4, 0.5) is 5.69 Å². The molecule has 23 heavy (non-hydrogen) atoms. The van der Waals surface area contributed by atoms with Crippen LogP contribution >= 0.6 is 11.6 Å². The monoisotopic (exact) mass is 324 g/mol. The summed E-state index contributed by atoms with van der Waals surface area (Å²) in [4.78, 5) is 12.1. The van der Waals surface area contributed by atoms with Gasteiger partial charge in [-0.1, -0.05) is 17.7 Å². The first-order valence-electron chi connectivity index (χ1n) is 6.56. The fourth-order valence-corrected chi connectivity index (χ4v) is 2.00. The molecule has 3 aromatic rings. The normalized spacial score (nSPS) is 10.1. The largest absolute Gasteiger partial charge is 0.412 e.